The van der Waals surface area contributed by atoms with Gasteiger partial charge in [-0.15, -0.1) is 0 Å². The number of aliphatic carboxylic acids is 3. The van der Waals surface area contributed by atoms with E-state index in [4.69, 9.17) is 21.2 Å². The van der Waals surface area contributed by atoms with E-state index in [1.54, 1.807) is 0 Å². The summed E-state index contributed by atoms with van der Waals surface area (Å²) in [5.74, 6) is 1.48. The summed E-state index contributed by atoms with van der Waals surface area (Å²) in [6.45, 7) is 0.727. The van der Waals surface area contributed by atoms with Gasteiger partial charge in [0, 0.05) is 12.0 Å². The lowest BCUT2D eigenvalue weighted by Crippen LogP contribution is -2.47. The normalized spacial score (nSPS) is 11.4. The fraction of sp³-hybridized carbons (Fsp3) is 0.786. The van der Waals surface area contributed by atoms with E-state index in [-0.39, 0.29) is 6.42 Å². The summed E-state index contributed by atoms with van der Waals surface area (Å²) in [4.78, 5) is 33.1. The molecule has 0 aromatic heterocycles. The molecule has 0 atom stereocenters. The second-order valence-corrected chi connectivity index (χ2v) is 5.93. The molecular weight excluding hydrogens is 320 g/mol. The smallest absolute Gasteiger partial charge is 0.303 e. The Hall–Kier alpha value is -1.75. The van der Waals surface area contributed by atoms with Gasteiger partial charge < -0.3 is 15.3 Å². The Kier molecular flexibility index (Phi) is 11.7. The topological polar surface area (TPSA) is 174 Å². The number of rotatable bonds is 16. The maximum absolute atomic E-state index is 11.0. The van der Waals surface area contributed by atoms with Gasteiger partial charge in [-0.2, -0.15) is 11.1 Å². The van der Waals surface area contributed by atoms with E-state index in [0.29, 0.717) is 6.42 Å². The third-order valence-electron chi connectivity index (χ3n) is 3.75. The summed E-state index contributed by atoms with van der Waals surface area (Å²) < 4.78 is 0. The molecule has 0 aliphatic carbocycles. The quantitative estimate of drug-likeness (QED) is 0.116. The highest BCUT2D eigenvalue weighted by Crippen LogP contribution is 2.37. The van der Waals surface area contributed by atoms with Crippen LogP contribution in [0.1, 0.15) is 57.8 Å². The van der Waals surface area contributed by atoms with E-state index >= 15 is 0 Å². The van der Waals surface area contributed by atoms with Crippen molar-refractivity contribution in [2.75, 3.05) is 6.54 Å². The standard InChI is InChI=1S/C14H28N4O6/c15-17-18-16-7-5-3-1-2-4-6-14(8-11(19)20,9-12(21)22)10-13(23)24/h16-18H,1-10,15H2,(H,19,20)(H,21,22)(H,23,24). The lowest BCUT2D eigenvalue weighted by Gasteiger charge is -2.29. The van der Waals surface area contributed by atoms with Gasteiger partial charge in [0.05, 0.1) is 19.3 Å². The van der Waals surface area contributed by atoms with Crippen LogP contribution in [-0.4, -0.2) is 39.8 Å². The van der Waals surface area contributed by atoms with Crippen LogP contribution in [0.15, 0.2) is 0 Å². The minimum atomic E-state index is -1.23. The largest absolute Gasteiger partial charge is 0.481 e. The van der Waals surface area contributed by atoms with Crippen LogP contribution in [0.25, 0.3) is 0 Å². The van der Waals surface area contributed by atoms with Crippen molar-refractivity contribution in [3.05, 3.63) is 0 Å². The minimum Gasteiger partial charge on any atom is -0.481 e. The number of nitrogens with two attached hydrogens (primary N) is 1. The molecule has 8 N–H and O–H groups in total. The molecule has 0 aliphatic rings. The maximum Gasteiger partial charge on any atom is 0.303 e. The Morgan fingerprint density at radius 1 is 0.792 bits per heavy atom. The molecule has 10 heteroatoms. The number of hydrogen-bond donors (Lipinski definition) is 7. The van der Waals surface area contributed by atoms with Crippen LogP contribution in [0.4, 0.5) is 0 Å². The van der Waals surface area contributed by atoms with Crippen molar-refractivity contribution in [1.29, 1.82) is 0 Å². The van der Waals surface area contributed by atoms with E-state index in [9.17, 15) is 14.4 Å². The van der Waals surface area contributed by atoms with Crippen molar-refractivity contribution in [2.45, 2.75) is 57.8 Å². The highest BCUT2D eigenvalue weighted by atomic mass is 16.4. The molecule has 0 bridgehead atoms. The Morgan fingerprint density at radius 2 is 1.25 bits per heavy atom. The lowest BCUT2D eigenvalue weighted by atomic mass is 9.74. The van der Waals surface area contributed by atoms with Crippen molar-refractivity contribution in [3.8, 4) is 0 Å². The van der Waals surface area contributed by atoms with Crippen LogP contribution in [0.5, 0.6) is 0 Å². The SMILES string of the molecule is NNNNCCCCCCCC(CC(=O)O)(CC(=O)O)CC(=O)O. The van der Waals surface area contributed by atoms with Crippen LogP contribution in [0, 0.1) is 5.41 Å². The van der Waals surface area contributed by atoms with Crippen molar-refractivity contribution < 1.29 is 29.7 Å². The number of hydrazine groups is 3. The molecule has 140 valence electrons. The van der Waals surface area contributed by atoms with Gasteiger partial charge in [0.2, 0.25) is 0 Å². The minimum absolute atomic E-state index is 0.273. The van der Waals surface area contributed by atoms with Gasteiger partial charge in [-0.1, -0.05) is 25.7 Å². The van der Waals surface area contributed by atoms with Gasteiger partial charge in [-0.05, 0) is 12.8 Å². The molecule has 0 saturated carbocycles. The summed E-state index contributed by atoms with van der Waals surface area (Å²) >= 11 is 0. The van der Waals surface area contributed by atoms with Crippen LogP contribution < -0.4 is 22.3 Å². The summed E-state index contributed by atoms with van der Waals surface area (Å²) in [6.07, 6.45) is 3.08. The summed E-state index contributed by atoms with van der Waals surface area (Å²) in [6, 6.07) is 0. The number of unbranched alkanes of at least 4 members (excludes halogenated alkanes) is 4. The lowest BCUT2D eigenvalue weighted by molar-refractivity contribution is -0.147. The van der Waals surface area contributed by atoms with E-state index in [1.807, 2.05) is 0 Å². The molecule has 0 heterocycles. The summed E-state index contributed by atoms with van der Waals surface area (Å²) in [5, 5.41) is 27.0. The number of hydrogen-bond acceptors (Lipinski definition) is 7. The molecule has 0 fully saturated rings. The van der Waals surface area contributed by atoms with Crippen LogP contribution in [0.3, 0.4) is 0 Å². The van der Waals surface area contributed by atoms with E-state index in [2.05, 4.69) is 16.5 Å². The fourth-order valence-electron chi connectivity index (χ4n) is 2.77. The Bertz CT molecular complexity index is 364. The molecule has 0 radical (unpaired) electrons. The van der Waals surface area contributed by atoms with Crippen LogP contribution in [-0.2, 0) is 14.4 Å². The van der Waals surface area contributed by atoms with Crippen molar-refractivity contribution >= 4 is 17.9 Å². The Labute approximate surface area is 140 Å². The zero-order valence-corrected chi connectivity index (χ0v) is 13.7. The first kappa shape index (κ1) is 22.2. The molecule has 0 aromatic rings. The zero-order chi connectivity index (χ0) is 18.4. The average molecular weight is 348 g/mol. The molecule has 0 spiro atoms. The zero-order valence-electron chi connectivity index (χ0n) is 13.7. The number of carbonyl (C=O) groups is 3. The molecule has 0 unspecified atom stereocenters. The highest BCUT2D eigenvalue weighted by Gasteiger charge is 2.37. The van der Waals surface area contributed by atoms with Gasteiger partial charge in [-0.3, -0.25) is 20.2 Å². The highest BCUT2D eigenvalue weighted by molar-refractivity contribution is 5.75. The predicted molar refractivity (Wildman–Crippen MR) is 85.4 cm³/mol. The summed E-state index contributed by atoms with van der Waals surface area (Å²) in [7, 11) is 0. The van der Waals surface area contributed by atoms with Gasteiger partial charge in [0.25, 0.3) is 0 Å². The first-order chi connectivity index (χ1) is 11.3. The second-order valence-electron chi connectivity index (χ2n) is 5.93. The van der Waals surface area contributed by atoms with Crippen molar-refractivity contribution in [3.63, 3.8) is 0 Å². The molecule has 10 nitrogen and oxygen atoms in total. The van der Waals surface area contributed by atoms with Crippen molar-refractivity contribution in [2.24, 2.45) is 11.3 Å². The fourth-order valence-corrected chi connectivity index (χ4v) is 2.77. The Balaban J connectivity index is 4.31. The van der Waals surface area contributed by atoms with Crippen LogP contribution >= 0.6 is 0 Å². The van der Waals surface area contributed by atoms with E-state index in [0.717, 1.165) is 32.2 Å². The van der Waals surface area contributed by atoms with E-state index < -0.39 is 42.6 Å². The van der Waals surface area contributed by atoms with Crippen molar-refractivity contribution in [1.82, 2.24) is 16.5 Å². The molecule has 0 aromatic carbocycles. The number of nitrogens with one attached hydrogen (secondary N) is 3. The van der Waals surface area contributed by atoms with Crippen LogP contribution in [0.2, 0.25) is 0 Å². The number of carboxylic acids is 3. The van der Waals surface area contributed by atoms with Gasteiger partial charge in [-0.25, -0.2) is 5.43 Å². The van der Waals surface area contributed by atoms with E-state index in [1.165, 1.54) is 0 Å². The first-order valence-electron chi connectivity index (χ1n) is 7.90. The van der Waals surface area contributed by atoms with Gasteiger partial charge >= 0.3 is 17.9 Å². The monoisotopic (exact) mass is 348 g/mol. The molecular formula is C14H28N4O6. The third-order valence-corrected chi connectivity index (χ3v) is 3.75. The van der Waals surface area contributed by atoms with Gasteiger partial charge in [0.15, 0.2) is 0 Å². The third kappa shape index (κ3) is 11.8. The average Bonchev–Trinajstić information content (AvgIpc) is 2.43. The Morgan fingerprint density at radius 3 is 1.71 bits per heavy atom. The molecule has 0 saturated heterocycles. The second kappa shape index (κ2) is 12.6. The molecule has 0 amide bonds. The first-order valence-corrected chi connectivity index (χ1v) is 7.90. The molecule has 0 rings (SSSR count). The van der Waals surface area contributed by atoms with Gasteiger partial charge in [0.1, 0.15) is 0 Å². The number of carboxylic acid groups (broad SMARTS) is 3. The summed E-state index contributed by atoms with van der Waals surface area (Å²) in [5.41, 5.74) is 6.37. The molecule has 24 heavy (non-hydrogen) atoms. The maximum atomic E-state index is 11.0. The predicted octanol–water partition coefficient (Wildman–Crippen LogP) is 0.210. The molecule has 0 aliphatic heterocycles.